The first-order chi connectivity index (χ1) is 15.0. The van der Waals surface area contributed by atoms with Crippen LogP contribution in [0.4, 0.5) is 0 Å². The van der Waals surface area contributed by atoms with Gasteiger partial charge in [0.05, 0.1) is 12.8 Å². The number of amides is 1. The highest BCUT2D eigenvalue weighted by molar-refractivity contribution is 5.75. The number of aromatic nitrogens is 4. The number of fused-ring (bicyclic) bond motifs is 1. The van der Waals surface area contributed by atoms with Crippen molar-refractivity contribution in [2.24, 2.45) is 0 Å². The molecule has 1 amide bonds. The fourth-order valence-electron chi connectivity index (χ4n) is 3.37. The fourth-order valence-corrected chi connectivity index (χ4v) is 3.37. The van der Waals surface area contributed by atoms with Crippen LogP contribution in [0.5, 0.6) is 5.75 Å². The second-order valence-electron chi connectivity index (χ2n) is 7.15. The largest absolute Gasteiger partial charge is 0.497 e. The molecular formula is C23H23N5O3. The van der Waals surface area contributed by atoms with E-state index in [9.17, 15) is 9.59 Å². The molecule has 2 heterocycles. The van der Waals surface area contributed by atoms with Crippen LogP contribution in [0.25, 0.3) is 16.8 Å². The van der Waals surface area contributed by atoms with Crippen LogP contribution in [0.3, 0.4) is 0 Å². The molecule has 158 valence electrons. The Labute approximate surface area is 179 Å². The molecule has 31 heavy (non-hydrogen) atoms. The van der Waals surface area contributed by atoms with Gasteiger partial charge in [-0.2, -0.15) is 10.2 Å². The van der Waals surface area contributed by atoms with Gasteiger partial charge in [-0.15, -0.1) is 0 Å². The lowest BCUT2D eigenvalue weighted by Gasteiger charge is -2.08. The molecule has 0 saturated carbocycles. The van der Waals surface area contributed by atoms with E-state index in [1.165, 1.54) is 9.20 Å². The Morgan fingerprint density at radius 3 is 2.52 bits per heavy atom. The molecule has 2 aromatic heterocycles. The van der Waals surface area contributed by atoms with E-state index in [2.05, 4.69) is 15.5 Å². The van der Waals surface area contributed by atoms with Crippen LogP contribution >= 0.6 is 0 Å². The van der Waals surface area contributed by atoms with Crippen LogP contribution in [0, 0.1) is 6.92 Å². The number of aryl methyl sites for hydroxylation is 1. The van der Waals surface area contributed by atoms with Gasteiger partial charge in [-0.05, 0) is 49.2 Å². The van der Waals surface area contributed by atoms with Crippen molar-refractivity contribution in [3.63, 3.8) is 0 Å². The van der Waals surface area contributed by atoms with Crippen LogP contribution in [0.15, 0.2) is 65.5 Å². The number of carbonyl (C=O) groups is 1. The quantitative estimate of drug-likeness (QED) is 0.498. The summed E-state index contributed by atoms with van der Waals surface area (Å²) in [6.07, 6.45) is 0.723. The van der Waals surface area contributed by atoms with E-state index in [1.54, 1.807) is 20.1 Å². The van der Waals surface area contributed by atoms with Crippen LogP contribution in [0.1, 0.15) is 11.4 Å². The number of benzene rings is 2. The second kappa shape index (κ2) is 8.83. The number of nitrogens with zero attached hydrogens (tertiary/aromatic N) is 4. The van der Waals surface area contributed by atoms with E-state index in [-0.39, 0.29) is 18.0 Å². The summed E-state index contributed by atoms with van der Waals surface area (Å²) in [7, 11) is 1.61. The predicted octanol–water partition coefficient (Wildman–Crippen LogP) is 2.23. The van der Waals surface area contributed by atoms with E-state index in [1.807, 2.05) is 54.6 Å². The summed E-state index contributed by atoms with van der Waals surface area (Å²) in [6.45, 7) is 2.10. The van der Waals surface area contributed by atoms with Crippen molar-refractivity contribution < 1.29 is 9.53 Å². The van der Waals surface area contributed by atoms with Gasteiger partial charge >= 0.3 is 0 Å². The molecule has 8 nitrogen and oxygen atoms in total. The van der Waals surface area contributed by atoms with Gasteiger partial charge in [-0.3, -0.25) is 9.59 Å². The molecule has 0 bridgehead atoms. The summed E-state index contributed by atoms with van der Waals surface area (Å²) in [5.74, 6) is 1.00. The summed E-state index contributed by atoms with van der Waals surface area (Å²) in [5, 5.41) is 11.6. The number of methoxy groups -OCH3 is 1. The summed E-state index contributed by atoms with van der Waals surface area (Å²) in [5.41, 5.74) is 2.65. The van der Waals surface area contributed by atoms with Gasteiger partial charge in [-0.25, -0.2) is 9.20 Å². The molecule has 2 aromatic carbocycles. The summed E-state index contributed by atoms with van der Waals surface area (Å²) >= 11 is 0. The molecule has 1 N–H and O–H groups in total. The first kappa shape index (κ1) is 20.3. The second-order valence-corrected chi connectivity index (χ2v) is 7.15. The Morgan fingerprint density at radius 1 is 1.06 bits per heavy atom. The zero-order chi connectivity index (χ0) is 21.8. The summed E-state index contributed by atoms with van der Waals surface area (Å²) < 4.78 is 7.87. The number of carbonyl (C=O) groups excluding carboxylic acids is 1. The topological polar surface area (TPSA) is 90.5 Å². The molecule has 0 unspecified atom stereocenters. The molecule has 4 aromatic rings. The zero-order valence-electron chi connectivity index (χ0n) is 17.4. The van der Waals surface area contributed by atoms with Gasteiger partial charge in [0.2, 0.25) is 5.91 Å². The van der Waals surface area contributed by atoms with E-state index >= 15 is 0 Å². The van der Waals surface area contributed by atoms with Crippen molar-refractivity contribution in [3.05, 3.63) is 82.4 Å². The van der Waals surface area contributed by atoms with E-state index < -0.39 is 0 Å². The highest BCUT2D eigenvalue weighted by Gasteiger charge is 2.14. The van der Waals surface area contributed by atoms with E-state index in [0.29, 0.717) is 23.6 Å². The fraction of sp³-hybridized carbons (Fsp3) is 0.217. The standard InChI is InChI=1S/C23H23N5O3/c1-16-25-27(15-22(29)24-13-12-17-6-4-3-5-7-17)23(30)21-14-20(26-28(16)21)18-8-10-19(31-2)11-9-18/h3-11,14H,12-13,15H2,1-2H3,(H,24,29). The predicted molar refractivity (Wildman–Crippen MR) is 117 cm³/mol. The molecule has 0 radical (unpaired) electrons. The minimum absolute atomic E-state index is 0.145. The number of hydrogen-bond acceptors (Lipinski definition) is 5. The first-order valence-corrected chi connectivity index (χ1v) is 9.97. The summed E-state index contributed by atoms with van der Waals surface area (Å²) in [4.78, 5) is 25.2. The third-order valence-electron chi connectivity index (χ3n) is 4.99. The molecule has 0 fully saturated rings. The number of rotatable bonds is 7. The number of ether oxygens (including phenoxy) is 1. The van der Waals surface area contributed by atoms with E-state index in [4.69, 9.17) is 4.74 Å². The van der Waals surface area contributed by atoms with Crippen molar-refractivity contribution in [2.45, 2.75) is 19.9 Å². The molecular weight excluding hydrogens is 394 g/mol. The lowest BCUT2D eigenvalue weighted by Crippen LogP contribution is -2.35. The van der Waals surface area contributed by atoms with Gasteiger partial charge in [-0.1, -0.05) is 30.3 Å². The molecule has 0 aliphatic carbocycles. The van der Waals surface area contributed by atoms with Gasteiger partial charge in [0.1, 0.15) is 23.6 Å². The van der Waals surface area contributed by atoms with Gasteiger partial charge < -0.3 is 10.1 Å². The third kappa shape index (κ3) is 4.48. The van der Waals surface area contributed by atoms with Crippen molar-refractivity contribution >= 4 is 11.4 Å². The normalized spacial score (nSPS) is 10.9. The molecule has 0 aliphatic heterocycles. The maximum atomic E-state index is 12.9. The molecule has 4 rings (SSSR count). The molecule has 8 heteroatoms. The number of nitrogens with one attached hydrogen (secondary N) is 1. The van der Waals surface area contributed by atoms with Gasteiger partial charge in [0, 0.05) is 12.1 Å². The monoisotopic (exact) mass is 417 g/mol. The highest BCUT2D eigenvalue weighted by atomic mass is 16.5. The van der Waals surface area contributed by atoms with Gasteiger partial charge in [0.25, 0.3) is 5.56 Å². The Morgan fingerprint density at radius 2 is 1.81 bits per heavy atom. The smallest absolute Gasteiger partial charge is 0.293 e. The van der Waals surface area contributed by atoms with Crippen molar-refractivity contribution in [1.82, 2.24) is 24.7 Å². The van der Waals surface area contributed by atoms with Crippen molar-refractivity contribution in [2.75, 3.05) is 13.7 Å². The molecule has 0 atom stereocenters. The maximum Gasteiger partial charge on any atom is 0.293 e. The Bertz CT molecular complexity index is 1260. The third-order valence-corrected chi connectivity index (χ3v) is 4.99. The Kier molecular flexibility index (Phi) is 5.79. The van der Waals surface area contributed by atoms with Gasteiger partial charge in [0.15, 0.2) is 0 Å². The lowest BCUT2D eigenvalue weighted by molar-refractivity contribution is -0.121. The average molecular weight is 417 g/mol. The zero-order valence-corrected chi connectivity index (χ0v) is 17.4. The van der Waals surface area contributed by atoms with Crippen LogP contribution < -0.4 is 15.6 Å². The number of hydrogen-bond donors (Lipinski definition) is 1. The Hall–Kier alpha value is -3.94. The average Bonchev–Trinajstić information content (AvgIpc) is 3.24. The minimum atomic E-state index is -0.365. The molecule has 0 spiro atoms. The minimum Gasteiger partial charge on any atom is -0.497 e. The summed E-state index contributed by atoms with van der Waals surface area (Å²) in [6, 6.07) is 19.0. The van der Waals surface area contributed by atoms with Crippen LogP contribution in [-0.2, 0) is 17.8 Å². The van der Waals surface area contributed by atoms with Crippen LogP contribution in [0.2, 0.25) is 0 Å². The maximum absolute atomic E-state index is 12.9. The van der Waals surface area contributed by atoms with E-state index in [0.717, 1.165) is 23.3 Å². The lowest BCUT2D eigenvalue weighted by atomic mass is 10.1. The van der Waals surface area contributed by atoms with Crippen molar-refractivity contribution in [3.8, 4) is 17.0 Å². The molecule has 0 saturated heterocycles. The van der Waals surface area contributed by atoms with Crippen LogP contribution in [-0.4, -0.2) is 39.0 Å². The van der Waals surface area contributed by atoms with Crippen molar-refractivity contribution in [1.29, 1.82) is 0 Å². The SMILES string of the molecule is COc1ccc(-c2cc3c(=O)n(CC(=O)NCCc4ccccc4)nc(C)n3n2)cc1. The first-order valence-electron chi connectivity index (χ1n) is 9.97. The molecule has 0 aliphatic rings. The Balaban J connectivity index is 1.51. The highest BCUT2D eigenvalue weighted by Crippen LogP contribution is 2.21.